The third kappa shape index (κ3) is 7.58. The van der Waals surface area contributed by atoms with Crippen molar-refractivity contribution in [3.63, 3.8) is 0 Å². The van der Waals surface area contributed by atoms with E-state index in [1.165, 1.54) is 12.1 Å². The third-order valence-corrected chi connectivity index (χ3v) is 7.60. The molecule has 0 amide bonds. The van der Waals surface area contributed by atoms with E-state index in [1.54, 1.807) is 35.7 Å². The molecule has 0 spiro atoms. The van der Waals surface area contributed by atoms with Gasteiger partial charge in [-0.05, 0) is 46.1 Å². The fourth-order valence-corrected chi connectivity index (χ4v) is 5.63. The van der Waals surface area contributed by atoms with Gasteiger partial charge < -0.3 is 14.0 Å². The number of pyridine rings is 1. The van der Waals surface area contributed by atoms with Crippen molar-refractivity contribution in [2.45, 2.75) is 78.4 Å². The summed E-state index contributed by atoms with van der Waals surface area (Å²) in [5.74, 6) is -2.81. The Kier molecular flexibility index (Phi) is 9.27. The lowest BCUT2D eigenvalue weighted by atomic mass is 10.1. The first-order valence-corrected chi connectivity index (χ1v) is 14.6. The number of rotatable bonds is 12. The number of esters is 1. The van der Waals surface area contributed by atoms with E-state index in [2.05, 4.69) is 23.1 Å². The number of benzene rings is 1. The lowest BCUT2D eigenvalue weighted by Crippen LogP contribution is -2.27. The summed E-state index contributed by atoms with van der Waals surface area (Å²) in [6, 6.07) is 8.36. The Morgan fingerprint density at radius 1 is 1.15 bits per heavy atom. The average Bonchev–Trinajstić information content (AvgIpc) is 3.50. The Morgan fingerprint density at radius 2 is 1.88 bits per heavy atom. The number of alkyl halides is 2. The molecule has 0 fully saturated rings. The number of hydrogen-bond donors (Lipinski definition) is 0. The molecule has 218 valence electrons. The minimum Gasteiger partial charge on any atom is -0.480 e. The number of fused-ring (bicyclic) bond motifs is 1. The Balaban J connectivity index is 1.63. The molecule has 3 aromatic heterocycles. The molecule has 0 saturated carbocycles. The van der Waals surface area contributed by atoms with Crippen molar-refractivity contribution in [3.05, 3.63) is 77.1 Å². The van der Waals surface area contributed by atoms with Gasteiger partial charge >= 0.3 is 5.97 Å². The first kappa shape index (κ1) is 30.4. The van der Waals surface area contributed by atoms with Gasteiger partial charge in [0.25, 0.3) is 5.92 Å². The summed E-state index contributed by atoms with van der Waals surface area (Å²) in [7, 11) is 0. The average molecular weight is 582 g/mol. The van der Waals surface area contributed by atoms with Crippen LogP contribution in [0.2, 0.25) is 0 Å². The number of unbranched alkanes of at least 4 members (excludes halogenated alkanes) is 1. The standard InChI is InChI=1S/C32H37F2N3O3S/c1-7-9-11-25-27(41-30(36-25)21-12-14-22(15-13-21)32(6,33)34)19-37-17-16-24-23(10-8-2)26(18-35-29(24)37)39-20-28(38)40-31(3,4)5/h8,12-18H,2,7,9-11,19-20H2,1,3-6H3. The van der Waals surface area contributed by atoms with Gasteiger partial charge in [0.1, 0.15) is 22.0 Å². The molecule has 0 atom stereocenters. The largest absolute Gasteiger partial charge is 0.480 e. The number of nitrogens with zero attached hydrogens (tertiary/aromatic N) is 3. The lowest BCUT2D eigenvalue weighted by Gasteiger charge is -2.20. The van der Waals surface area contributed by atoms with Crippen LogP contribution in [0.15, 0.2) is 55.4 Å². The number of aromatic nitrogens is 3. The lowest BCUT2D eigenvalue weighted by molar-refractivity contribution is -0.157. The smallest absolute Gasteiger partial charge is 0.344 e. The number of allylic oxidation sites excluding steroid dienone is 1. The number of ether oxygens (including phenoxy) is 2. The monoisotopic (exact) mass is 581 g/mol. The Hall–Kier alpha value is -3.59. The highest BCUT2D eigenvalue weighted by Gasteiger charge is 2.24. The highest BCUT2D eigenvalue weighted by molar-refractivity contribution is 7.15. The molecular formula is C32H37F2N3O3S. The van der Waals surface area contributed by atoms with Crippen molar-refractivity contribution in [1.82, 2.24) is 14.5 Å². The van der Waals surface area contributed by atoms with Gasteiger partial charge in [0.05, 0.1) is 18.4 Å². The normalized spacial score (nSPS) is 12.1. The zero-order valence-electron chi connectivity index (χ0n) is 24.3. The van der Waals surface area contributed by atoms with Gasteiger partial charge in [0.15, 0.2) is 6.61 Å². The SMILES string of the molecule is C=CCc1c(OCC(=O)OC(C)(C)C)cnc2c1ccn2Cc1sc(-c2ccc(C(C)(F)F)cc2)nc1CCCC. The van der Waals surface area contributed by atoms with Crippen LogP contribution in [0.4, 0.5) is 8.78 Å². The summed E-state index contributed by atoms with van der Waals surface area (Å²) in [4.78, 5) is 22.9. The zero-order valence-corrected chi connectivity index (χ0v) is 25.1. The van der Waals surface area contributed by atoms with E-state index in [9.17, 15) is 13.6 Å². The Labute approximate surface area is 244 Å². The summed E-state index contributed by atoms with van der Waals surface area (Å²) in [6.07, 6.45) is 8.86. The molecule has 0 N–H and O–H groups in total. The first-order chi connectivity index (χ1) is 19.4. The fraction of sp³-hybridized carbons (Fsp3) is 0.406. The van der Waals surface area contributed by atoms with Crippen LogP contribution in [0, 0.1) is 0 Å². The van der Waals surface area contributed by atoms with Gasteiger partial charge in [-0.25, -0.2) is 23.5 Å². The molecule has 6 nitrogen and oxygen atoms in total. The van der Waals surface area contributed by atoms with E-state index >= 15 is 0 Å². The second kappa shape index (κ2) is 12.5. The minimum absolute atomic E-state index is 0.0149. The van der Waals surface area contributed by atoms with Crippen LogP contribution in [0.25, 0.3) is 21.6 Å². The molecule has 0 radical (unpaired) electrons. The number of carbonyl (C=O) groups is 1. The van der Waals surface area contributed by atoms with E-state index in [4.69, 9.17) is 14.5 Å². The van der Waals surface area contributed by atoms with Crippen LogP contribution in [0.5, 0.6) is 5.75 Å². The van der Waals surface area contributed by atoms with Crippen molar-refractivity contribution in [1.29, 1.82) is 0 Å². The molecule has 0 aliphatic heterocycles. The molecule has 9 heteroatoms. The van der Waals surface area contributed by atoms with E-state index in [0.29, 0.717) is 18.7 Å². The van der Waals surface area contributed by atoms with Crippen LogP contribution in [0.1, 0.15) is 69.2 Å². The molecule has 41 heavy (non-hydrogen) atoms. The van der Waals surface area contributed by atoms with Gasteiger partial charge in [-0.2, -0.15) is 0 Å². The summed E-state index contributed by atoms with van der Waals surface area (Å²) in [5, 5.41) is 1.73. The van der Waals surface area contributed by atoms with Gasteiger partial charge in [0.2, 0.25) is 0 Å². The maximum absolute atomic E-state index is 13.7. The summed E-state index contributed by atoms with van der Waals surface area (Å²) < 4.78 is 40.7. The molecular weight excluding hydrogens is 544 g/mol. The minimum atomic E-state index is -2.88. The fourth-order valence-electron chi connectivity index (χ4n) is 4.52. The molecule has 4 rings (SSSR count). The van der Waals surface area contributed by atoms with Crippen LogP contribution >= 0.6 is 11.3 Å². The predicted molar refractivity (Wildman–Crippen MR) is 160 cm³/mol. The van der Waals surface area contributed by atoms with Crippen LogP contribution in [-0.4, -0.2) is 32.7 Å². The van der Waals surface area contributed by atoms with E-state index in [0.717, 1.165) is 63.9 Å². The Morgan fingerprint density at radius 3 is 2.51 bits per heavy atom. The second-order valence-corrected chi connectivity index (χ2v) is 12.2. The first-order valence-electron chi connectivity index (χ1n) is 13.8. The second-order valence-electron chi connectivity index (χ2n) is 11.1. The van der Waals surface area contributed by atoms with Gasteiger partial charge in [-0.1, -0.05) is 43.7 Å². The van der Waals surface area contributed by atoms with Gasteiger partial charge in [0, 0.05) is 40.1 Å². The molecule has 0 unspecified atom stereocenters. The molecule has 4 aromatic rings. The number of thiazole rings is 1. The van der Waals surface area contributed by atoms with E-state index < -0.39 is 17.5 Å². The maximum Gasteiger partial charge on any atom is 0.344 e. The molecule has 1 aromatic carbocycles. The van der Waals surface area contributed by atoms with Crippen molar-refractivity contribution < 1.29 is 23.0 Å². The van der Waals surface area contributed by atoms with Crippen LogP contribution < -0.4 is 4.74 Å². The molecule has 3 heterocycles. The molecule has 0 saturated heterocycles. The number of halogens is 2. The summed E-state index contributed by atoms with van der Waals surface area (Å²) >= 11 is 1.58. The van der Waals surface area contributed by atoms with Crippen LogP contribution in [-0.2, 0) is 34.8 Å². The highest BCUT2D eigenvalue weighted by atomic mass is 32.1. The van der Waals surface area contributed by atoms with Crippen LogP contribution in [0.3, 0.4) is 0 Å². The maximum atomic E-state index is 13.7. The van der Waals surface area contributed by atoms with E-state index in [1.807, 2.05) is 33.0 Å². The number of hydrogen-bond acceptors (Lipinski definition) is 6. The quantitative estimate of drug-likeness (QED) is 0.125. The predicted octanol–water partition coefficient (Wildman–Crippen LogP) is 8.11. The van der Waals surface area contributed by atoms with Gasteiger partial charge in [-0.15, -0.1) is 17.9 Å². The van der Waals surface area contributed by atoms with Gasteiger partial charge in [-0.3, -0.25) is 0 Å². The van der Waals surface area contributed by atoms with Crippen molar-refractivity contribution in [2.75, 3.05) is 6.61 Å². The Bertz CT molecular complexity index is 1510. The van der Waals surface area contributed by atoms with Crippen molar-refractivity contribution in [3.8, 4) is 16.3 Å². The third-order valence-electron chi connectivity index (χ3n) is 6.47. The number of carbonyl (C=O) groups excluding carboxylic acids is 1. The summed E-state index contributed by atoms with van der Waals surface area (Å²) in [6.45, 7) is 12.7. The summed E-state index contributed by atoms with van der Waals surface area (Å²) in [5.41, 5.74) is 2.92. The highest BCUT2D eigenvalue weighted by Crippen LogP contribution is 2.34. The van der Waals surface area contributed by atoms with E-state index in [-0.39, 0.29) is 12.2 Å². The van der Waals surface area contributed by atoms with Crippen molar-refractivity contribution in [2.24, 2.45) is 0 Å². The zero-order chi connectivity index (χ0) is 29.8. The molecule has 0 aliphatic rings. The topological polar surface area (TPSA) is 66.2 Å². The van der Waals surface area contributed by atoms with Crippen molar-refractivity contribution >= 4 is 28.3 Å². The number of aryl methyl sites for hydroxylation is 1. The molecule has 0 bridgehead atoms. The molecule has 0 aliphatic carbocycles.